The van der Waals surface area contributed by atoms with Gasteiger partial charge < -0.3 is 4.74 Å². The van der Waals surface area contributed by atoms with Gasteiger partial charge in [-0.05, 0) is 29.8 Å². The molecule has 0 aromatic heterocycles. The third-order valence-electron chi connectivity index (χ3n) is 2.84. The Balaban J connectivity index is 2.06. The van der Waals surface area contributed by atoms with E-state index in [1.807, 2.05) is 48.7 Å². The van der Waals surface area contributed by atoms with E-state index in [0.717, 1.165) is 11.4 Å². The van der Waals surface area contributed by atoms with Gasteiger partial charge in [-0.3, -0.25) is 4.99 Å². The highest BCUT2D eigenvalue weighted by Gasteiger charge is 2.00. The van der Waals surface area contributed by atoms with E-state index in [9.17, 15) is 0 Å². The second-order valence-electron chi connectivity index (χ2n) is 4.18. The van der Waals surface area contributed by atoms with Crippen molar-refractivity contribution in [2.24, 2.45) is 4.99 Å². The zero-order valence-corrected chi connectivity index (χ0v) is 10.7. The van der Waals surface area contributed by atoms with E-state index in [1.165, 1.54) is 5.56 Å². The maximum Gasteiger partial charge on any atom is 0.119 e. The second kappa shape index (κ2) is 6.01. The lowest BCUT2D eigenvalue weighted by Gasteiger charge is -2.05. The smallest absolute Gasteiger partial charge is 0.119 e. The molecular weight excluding hydrogens is 222 g/mol. The maximum atomic E-state index is 5.11. The number of methoxy groups -OCH3 is 1. The van der Waals surface area contributed by atoms with Crippen LogP contribution >= 0.6 is 0 Å². The number of rotatable bonds is 4. The van der Waals surface area contributed by atoms with Crippen LogP contribution in [0.4, 0.5) is 5.69 Å². The van der Waals surface area contributed by atoms with Crippen molar-refractivity contribution < 1.29 is 4.74 Å². The molecule has 0 N–H and O–H groups in total. The van der Waals surface area contributed by atoms with E-state index in [4.69, 9.17) is 4.74 Å². The molecule has 0 aliphatic rings. The van der Waals surface area contributed by atoms with Crippen LogP contribution in [0.15, 0.2) is 59.6 Å². The summed E-state index contributed by atoms with van der Waals surface area (Å²) < 4.78 is 5.11. The number of ether oxygens (including phenoxy) is 1. The van der Waals surface area contributed by atoms with Gasteiger partial charge >= 0.3 is 0 Å². The van der Waals surface area contributed by atoms with Crippen molar-refractivity contribution >= 4 is 11.9 Å². The zero-order chi connectivity index (χ0) is 12.8. The molecule has 2 rings (SSSR count). The minimum absolute atomic E-state index is 0.313. The van der Waals surface area contributed by atoms with Crippen molar-refractivity contribution in [3.63, 3.8) is 0 Å². The fourth-order valence-electron chi connectivity index (χ4n) is 1.71. The van der Waals surface area contributed by atoms with Crippen molar-refractivity contribution in [3.05, 3.63) is 60.2 Å². The Kier molecular flexibility index (Phi) is 4.13. The fourth-order valence-corrected chi connectivity index (χ4v) is 1.71. The molecule has 0 saturated heterocycles. The van der Waals surface area contributed by atoms with Gasteiger partial charge in [0.15, 0.2) is 0 Å². The molecule has 2 aromatic carbocycles. The van der Waals surface area contributed by atoms with Gasteiger partial charge in [0.25, 0.3) is 0 Å². The van der Waals surface area contributed by atoms with E-state index in [2.05, 4.69) is 24.0 Å². The standard InChI is InChI=1S/C16H17NO/c1-13(14-6-4-3-5-7-14)12-17-15-8-10-16(18-2)11-9-15/h3-13H,1-2H3. The molecule has 0 heterocycles. The predicted molar refractivity (Wildman–Crippen MR) is 76.0 cm³/mol. The van der Waals surface area contributed by atoms with Crippen LogP contribution in [0.3, 0.4) is 0 Å². The molecule has 0 spiro atoms. The van der Waals surface area contributed by atoms with Crippen LogP contribution in [0.1, 0.15) is 18.4 Å². The van der Waals surface area contributed by atoms with E-state index < -0.39 is 0 Å². The lowest BCUT2D eigenvalue weighted by molar-refractivity contribution is 0.415. The summed E-state index contributed by atoms with van der Waals surface area (Å²) >= 11 is 0. The molecule has 0 bridgehead atoms. The van der Waals surface area contributed by atoms with Crippen LogP contribution in [0.5, 0.6) is 5.75 Å². The van der Waals surface area contributed by atoms with Crippen molar-refractivity contribution in [3.8, 4) is 5.75 Å². The Labute approximate surface area is 108 Å². The molecule has 0 radical (unpaired) electrons. The van der Waals surface area contributed by atoms with Crippen LogP contribution < -0.4 is 4.74 Å². The second-order valence-corrected chi connectivity index (χ2v) is 4.18. The lowest BCUT2D eigenvalue weighted by Crippen LogP contribution is -1.93. The summed E-state index contributed by atoms with van der Waals surface area (Å²) in [5.41, 5.74) is 2.22. The summed E-state index contributed by atoms with van der Waals surface area (Å²) in [4.78, 5) is 4.48. The summed E-state index contributed by atoms with van der Waals surface area (Å²) in [6.07, 6.45) is 1.97. The Hall–Kier alpha value is -2.09. The zero-order valence-electron chi connectivity index (χ0n) is 10.7. The molecular formula is C16H17NO. The van der Waals surface area contributed by atoms with Crippen LogP contribution in [0, 0.1) is 0 Å². The van der Waals surface area contributed by atoms with E-state index in [1.54, 1.807) is 7.11 Å². The van der Waals surface area contributed by atoms with Gasteiger partial charge in [-0.15, -0.1) is 0 Å². The largest absolute Gasteiger partial charge is 0.497 e. The Morgan fingerprint density at radius 1 is 1.00 bits per heavy atom. The van der Waals surface area contributed by atoms with Gasteiger partial charge in [0.1, 0.15) is 5.75 Å². The number of hydrogen-bond acceptors (Lipinski definition) is 2. The quantitative estimate of drug-likeness (QED) is 0.733. The molecule has 2 aromatic rings. The van der Waals surface area contributed by atoms with E-state index >= 15 is 0 Å². The number of nitrogens with zero attached hydrogens (tertiary/aromatic N) is 1. The van der Waals surface area contributed by atoms with Crippen LogP contribution in [-0.2, 0) is 0 Å². The lowest BCUT2D eigenvalue weighted by atomic mass is 10.0. The number of benzene rings is 2. The number of aliphatic imine (C=N–C) groups is 1. The Morgan fingerprint density at radius 3 is 2.28 bits per heavy atom. The third kappa shape index (κ3) is 3.20. The monoisotopic (exact) mass is 239 g/mol. The minimum Gasteiger partial charge on any atom is -0.497 e. The average Bonchev–Trinajstić information content (AvgIpc) is 2.46. The van der Waals surface area contributed by atoms with Gasteiger partial charge in [-0.2, -0.15) is 0 Å². The molecule has 1 atom stereocenters. The van der Waals surface area contributed by atoms with Crippen molar-refractivity contribution in [1.82, 2.24) is 0 Å². The molecule has 92 valence electrons. The maximum absolute atomic E-state index is 5.11. The molecule has 0 amide bonds. The summed E-state index contributed by atoms with van der Waals surface area (Å²) in [5, 5.41) is 0. The Bertz CT molecular complexity index is 502. The first-order valence-electron chi connectivity index (χ1n) is 6.03. The average molecular weight is 239 g/mol. The predicted octanol–water partition coefficient (Wildman–Crippen LogP) is 4.20. The molecule has 1 unspecified atom stereocenters. The highest BCUT2D eigenvalue weighted by Crippen LogP contribution is 2.19. The van der Waals surface area contributed by atoms with Gasteiger partial charge in [0.2, 0.25) is 0 Å². The number of hydrogen-bond donors (Lipinski definition) is 0. The molecule has 0 aliphatic heterocycles. The highest BCUT2D eigenvalue weighted by molar-refractivity contribution is 5.71. The highest BCUT2D eigenvalue weighted by atomic mass is 16.5. The van der Waals surface area contributed by atoms with Crippen molar-refractivity contribution in [2.45, 2.75) is 12.8 Å². The molecule has 0 aliphatic carbocycles. The van der Waals surface area contributed by atoms with Crippen molar-refractivity contribution in [2.75, 3.05) is 7.11 Å². The Morgan fingerprint density at radius 2 is 1.67 bits per heavy atom. The third-order valence-corrected chi connectivity index (χ3v) is 2.84. The van der Waals surface area contributed by atoms with E-state index in [0.29, 0.717) is 5.92 Å². The van der Waals surface area contributed by atoms with Gasteiger partial charge in [-0.25, -0.2) is 0 Å². The first-order chi connectivity index (χ1) is 8.79. The van der Waals surface area contributed by atoms with E-state index in [-0.39, 0.29) is 0 Å². The molecule has 2 nitrogen and oxygen atoms in total. The summed E-state index contributed by atoms with van der Waals surface area (Å²) in [5.74, 6) is 1.17. The molecule has 18 heavy (non-hydrogen) atoms. The normalized spacial score (nSPS) is 12.6. The summed E-state index contributed by atoms with van der Waals surface area (Å²) in [6, 6.07) is 18.1. The molecule has 2 heteroatoms. The van der Waals surface area contributed by atoms with Gasteiger partial charge in [0, 0.05) is 12.1 Å². The first kappa shape index (κ1) is 12.4. The van der Waals surface area contributed by atoms with Gasteiger partial charge in [-0.1, -0.05) is 37.3 Å². The fraction of sp³-hybridized carbons (Fsp3) is 0.188. The SMILES string of the molecule is COc1ccc(N=CC(C)c2ccccc2)cc1. The summed E-state index contributed by atoms with van der Waals surface area (Å²) in [6.45, 7) is 2.14. The minimum atomic E-state index is 0.313. The topological polar surface area (TPSA) is 21.6 Å². The summed E-state index contributed by atoms with van der Waals surface area (Å²) in [7, 11) is 1.66. The van der Waals surface area contributed by atoms with Crippen molar-refractivity contribution in [1.29, 1.82) is 0 Å². The van der Waals surface area contributed by atoms with Crippen LogP contribution in [0.2, 0.25) is 0 Å². The first-order valence-corrected chi connectivity index (χ1v) is 6.03. The molecule has 0 fully saturated rings. The van der Waals surface area contributed by atoms with Crippen LogP contribution in [-0.4, -0.2) is 13.3 Å². The van der Waals surface area contributed by atoms with Gasteiger partial charge in [0.05, 0.1) is 12.8 Å². The van der Waals surface area contributed by atoms with Crippen LogP contribution in [0.25, 0.3) is 0 Å². The molecule has 0 saturated carbocycles.